The van der Waals surface area contributed by atoms with E-state index >= 15 is 0 Å². The highest BCUT2D eigenvalue weighted by Crippen LogP contribution is 2.42. The molecule has 0 saturated heterocycles. The number of aromatic nitrogens is 1. The van der Waals surface area contributed by atoms with E-state index < -0.39 is 18.0 Å². The Morgan fingerprint density at radius 3 is 2.48 bits per heavy atom. The molecular formula is C22H26FN3O3. The van der Waals surface area contributed by atoms with E-state index in [9.17, 15) is 14.0 Å². The second-order valence-electron chi connectivity index (χ2n) is 7.88. The lowest BCUT2D eigenvalue weighted by molar-refractivity contribution is -0.120. The van der Waals surface area contributed by atoms with E-state index in [0.29, 0.717) is 18.8 Å². The van der Waals surface area contributed by atoms with Crippen molar-refractivity contribution >= 4 is 12.0 Å². The Morgan fingerprint density at radius 1 is 1.21 bits per heavy atom. The van der Waals surface area contributed by atoms with E-state index in [-0.39, 0.29) is 17.6 Å². The van der Waals surface area contributed by atoms with Gasteiger partial charge in [0.2, 0.25) is 11.8 Å². The molecule has 1 heterocycles. The van der Waals surface area contributed by atoms with Crippen molar-refractivity contribution in [3.8, 4) is 5.88 Å². The highest BCUT2D eigenvalue weighted by Gasteiger charge is 2.27. The number of carbonyl (C=O) groups is 2. The fourth-order valence-electron chi connectivity index (χ4n) is 3.24. The van der Waals surface area contributed by atoms with Crippen LogP contribution in [0.3, 0.4) is 0 Å². The maximum absolute atomic E-state index is 13.2. The second kappa shape index (κ2) is 9.03. The number of ether oxygens (including phenoxy) is 1. The van der Waals surface area contributed by atoms with Crippen molar-refractivity contribution in [2.24, 2.45) is 11.7 Å². The summed E-state index contributed by atoms with van der Waals surface area (Å²) in [5, 5.41) is 2.50. The van der Waals surface area contributed by atoms with Gasteiger partial charge in [-0.05, 0) is 54.4 Å². The predicted octanol–water partition coefficient (Wildman–Crippen LogP) is 3.68. The molecule has 2 aromatic rings. The second-order valence-corrected chi connectivity index (χ2v) is 7.88. The first-order valence-corrected chi connectivity index (χ1v) is 9.83. The number of hydrogen-bond donors (Lipinski definition) is 2. The zero-order chi connectivity index (χ0) is 21.0. The topological polar surface area (TPSA) is 94.3 Å². The van der Waals surface area contributed by atoms with Gasteiger partial charge in [0, 0.05) is 12.5 Å². The Bertz CT molecular complexity index is 879. The Morgan fingerprint density at radius 2 is 1.90 bits per heavy atom. The highest BCUT2D eigenvalue weighted by molar-refractivity contribution is 5.84. The standard InChI is InChI=1S/C22H26FN3O3/c1-13(2)11-19(21(24)27)26-22(28)29-20-10-9-17(15-5-6-15)18(25-20)12-14-3-7-16(23)8-4-14/h3-4,7-10,13,15,19H,5-6,11-12H2,1-2H3,(H2,24,27)(H,26,28)/t19-/m0/s1. The summed E-state index contributed by atoms with van der Waals surface area (Å²) in [6.07, 6.45) is 2.38. The molecule has 0 bridgehead atoms. The Kier molecular flexibility index (Phi) is 6.46. The summed E-state index contributed by atoms with van der Waals surface area (Å²) in [4.78, 5) is 28.3. The molecule has 1 aliphatic carbocycles. The normalized spacial score (nSPS) is 14.5. The number of pyridine rings is 1. The molecule has 0 unspecified atom stereocenters. The van der Waals surface area contributed by atoms with Crippen LogP contribution in [0.1, 0.15) is 55.8 Å². The number of rotatable bonds is 8. The third kappa shape index (κ3) is 6.01. The van der Waals surface area contributed by atoms with Crippen molar-refractivity contribution in [2.45, 2.75) is 51.5 Å². The summed E-state index contributed by atoms with van der Waals surface area (Å²) in [6.45, 7) is 3.87. The van der Waals surface area contributed by atoms with Gasteiger partial charge in [0.15, 0.2) is 0 Å². The zero-order valence-electron chi connectivity index (χ0n) is 16.7. The SMILES string of the molecule is CC(C)C[C@H](NC(=O)Oc1ccc(C2CC2)c(Cc2ccc(F)cc2)n1)C(N)=O. The van der Waals surface area contributed by atoms with Gasteiger partial charge in [0.05, 0.1) is 5.69 Å². The number of nitrogens with two attached hydrogens (primary N) is 1. The molecule has 0 aliphatic heterocycles. The number of amides is 2. The Labute approximate surface area is 169 Å². The molecule has 154 valence electrons. The summed E-state index contributed by atoms with van der Waals surface area (Å²) in [6, 6.07) is 9.05. The minimum atomic E-state index is -0.799. The van der Waals surface area contributed by atoms with E-state index in [2.05, 4.69) is 10.3 Å². The van der Waals surface area contributed by atoms with Crippen LogP contribution in [0.25, 0.3) is 0 Å². The minimum absolute atomic E-state index is 0.150. The molecule has 0 radical (unpaired) electrons. The van der Waals surface area contributed by atoms with Gasteiger partial charge in [-0.15, -0.1) is 0 Å². The van der Waals surface area contributed by atoms with Gasteiger partial charge >= 0.3 is 6.09 Å². The lowest BCUT2D eigenvalue weighted by Gasteiger charge is -2.17. The van der Waals surface area contributed by atoms with Crippen molar-refractivity contribution in [2.75, 3.05) is 0 Å². The van der Waals surface area contributed by atoms with Crippen molar-refractivity contribution in [3.63, 3.8) is 0 Å². The van der Waals surface area contributed by atoms with Crippen LogP contribution in [-0.2, 0) is 11.2 Å². The van der Waals surface area contributed by atoms with E-state index in [1.807, 2.05) is 19.9 Å². The Hall–Kier alpha value is -2.96. The molecule has 0 spiro atoms. The van der Waals surface area contributed by atoms with Crippen LogP contribution in [-0.4, -0.2) is 23.0 Å². The molecule has 29 heavy (non-hydrogen) atoms. The van der Waals surface area contributed by atoms with Crippen LogP contribution in [0.4, 0.5) is 9.18 Å². The lowest BCUT2D eigenvalue weighted by Crippen LogP contribution is -2.46. The van der Waals surface area contributed by atoms with E-state index in [1.165, 1.54) is 12.1 Å². The highest BCUT2D eigenvalue weighted by atomic mass is 19.1. The summed E-state index contributed by atoms with van der Waals surface area (Å²) in [5.41, 5.74) is 8.21. The average molecular weight is 399 g/mol. The fraction of sp³-hybridized carbons (Fsp3) is 0.409. The van der Waals surface area contributed by atoms with Crippen LogP contribution in [0, 0.1) is 11.7 Å². The first-order valence-electron chi connectivity index (χ1n) is 9.83. The number of nitrogens with one attached hydrogen (secondary N) is 1. The van der Waals surface area contributed by atoms with E-state index in [0.717, 1.165) is 29.7 Å². The summed E-state index contributed by atoms with van der Waals surface area (Å²) < 4.78 is 18.5. The van der Waals surface area contributed by atoms with E-state index in [1.54, 1.807) is 18.2 Å². The van der Waals surface area contributed by atoms with Crippen molar-refractivity contribution in [3.05, 3.63) is 59.0 Å². The van der Waals surface area contributed by atoms with Gasteiger partial charge in [0.25, 0.3) is 0 Å². The van der Waals surface area contributed by atoms with Crippen LogP contribution in [0.15, 0.2) is 36.4 Å². The number of primary amides is 1. The van der Waals surface area contributed by atoms with Gasteiger partial charge in [0.1, 0.15) is 11.9 Å². The number of nitrogens with zero attached hydrogens (tertiary/aromatic N) is 1. The maximum atomic E-state index is 13.2. The maximum Gasteiger partial charge on any atom is 0.414 e. The van der Waals surface area contributed by atoms with Crippen LogP contribution in [0.2, 0.25) is 0 Å². The molecule has 3 N–H and O–H groups in total. The molecule has 7 heteroatoms. The summed E-state index contributed by atoms with van der Waals surface area (Å²) >= 11 is 0. The number of hydrogen-bond acceptors (Lipinski definition) is 4. The van der Waals surface area contributed by atoms with Gasteiger partial charge in [-0.25, -0.2) is 14.2 Å². The molecule has 1 aromatic carbocycles. The molecule has 6 nitrogen and oxygen atoms in total. The largest absolute Gasteiger partial charge is 0.414 e. The third-order valence-corrected chi connectivity index (χ3v) is 4.83. The molecule has 1 aliphatic rings. The fourth-order valence-corrected chi connectivity index (χ4v) is 3.24. The molecule has 1 aromatic heterocycles. The monoisotopic (exact) mass is 399 g/mol. The number of halogens is 1. The first-order chi connectivity index (χ1) is 13.8. The van der Waals surface area contributed by atoms with Crippen molar-refractivity contribution in [1.29, 1.82) is 0 Å². The lowest BCUT2D eigenvalue weighted by atomic mass is 10.0. The van der Waals surface area contributed by atoms with Crippen molar-refractivity contribution in [1.82, 2.24) is 10.3 Å². The molecule has 2 amide bonds. The number of carbonyl (C=O) groups excluding carboxylic acids is 2. The number of benzene rings is 1. The van der Waals surface area contributed by atoms with Gasteiger partial charge < -0.3 is 15.8 Å². The quantitative estimate of drug-likeness (QED) is 0.708. The smallest absolute Gasteiger partial charge is 0.391 e. The Balaban J connectivity index is 1.73. The summed E-state index contributed by atoms with van der Waals surface area (Å²) in [7, 11) is 0. The molecular weight excluding hydrogens is 373 g/mol. The van der Waals surface area contributed by atoms with Gasteiger partial charge in [-0.2, -0.15) is 0 Å². The first kappa shape index (κ1) is 20.8. The van der Waals surface area contributed by atoms with Crippen LogP contribution in [0.5, 0.6) is 5.88 Å². The van der Waals surface area contributed by atoms with Crippen molar-refractivity contribution < 1.29 is 18.7 Å². The van der Waals surface area contributed by atoms with Crippen LogP contribution < -0.4 is 15.8 Å². The average Bonchev–Trinajstić information content (AvgIpc) is 3.48. The molecule has 1 saturated carbocycles. The predicted molar refractivity (Wildman–Crippen MR) is 107 cm³/mol. The zero-order valence-corrected chi connectivity index (χ0v) is 16.7. The van der Waals surface area contributed by atoms with E-state index in [4.69, 9.17) is 10.5 Å². The molecule has 1 atom stereocenters. The third-order valence-electron chi connectivity index (χ3n) is 4.83. The molecule has 3 rings (SSSR count). The summed E-state index contributed by atoms with van der Waals surface area (Å²) in [5.74, 6) is -0.0954. The van der Waals surface area contributed by atoms with Gasteiger partial charge in [-0.1, -0.05) is 32.0 Å². The van der Waals surface area contributed by atoms with Crippen LogP contribution >= 0.6 is 0 Å². The molecule has 1 fully saturated rings. The van der Waals surface area contributed by atoms with Gasteiger partial charge in [-0.3, -0.25) is 4.79 Å². The minimum Gasteiger partial charge on any atom is -0.391 e.